The minimum absolute atomic E-state index is 0.152. The number of fused-ring (bicyclic) bond motifs is 1. The molecule has 0 aliphatic carbocycles. The molecule has 0 saturated heterocycles. The van der Waals surface area contributed by atoms with Gasteiger partial charge in [0.05, 0.1) is 29.5 Å². The summed E-state index contributed by atoms with van der Waals surface area (Å²) in [6.07, 6.45) is 2.01. The molecule has 2 aromatic carbocycles. The van der Waals surface area contributed by atoms with Crippen molar-refractivity contribution in [3.8, 4) is 0 Å². The second kappa shape index (κ2) is 8.05. The maximum atomic E-state index is 12.5. The maximum absolute atomic E-state index is 12.5. The quantitative estimate of drug-likeness (QED) is 0.675. The van der Waals surface area contributed by atoms with E-state index in [1.807, 2.05) is 35.1 Å². The lowest BCUT2D eigenvalue weighted by atomic mass is 10.2. The number of aromatic nitrogens is 2. The van der Waals surface area contributed by atoms with E-state index in [1.165, 1.54) is 7.11 Å². The number of imidazole rings is 1. The van der Waals surface area contributed by atoms with Gasteiger partial charge in [-0.1, -0.05) is 12.1 Å². The monoisotopic (exact) mass is 369 g/mol. The van der Waals surface area contributed by atoms with Gasteiger partial charge in [-0.05, 0) is 42.7 Å². The number of anilines is 1. The summed E-state index contributed by atoms with van der Waals surface area (Å²) in [5.41, 5.74) is 2.88. The third-order valence-electron chi connectivity index (χ3n) is 3.90. The molecule has 7 heteroatoms. The molecule has 26 heavy (non-hydrogen) atoms. The number of thioether (sulfide) groups is 1. The average Bonchev–Trinajstić information content (AvgIpc) is 2.99. The number of para-hydroxylation sites is 2. The zero-order chi connectivity index (χ0) is 18.5. The first-order chi connectivity index (χ1) is 12.6. The third-order valence-corrected chi connectivity index (χ3v) is 4.45. The summed E-state index contributed by atoms with van der Waals surface area (Å²) in [6.45, 7) is 0.176. The Bertz CT molecular complexity index is 935. The van der Waals surface area contributed by atoms with Gasteiger partial charge in [-0.25, -0.2) is 9.78 Å². The van der Waals surface area contributed by atoms with Crippen molar-refractivity contribution in [2.75, 3.05) is 18.7 Å². The lowest BCUT2D eigenvalue weighted by Crippen LogP contribution is -2.20. The van der Waals surface area contributed by atoms with Crippen LogP contribution in [0.15, 0.2) is 48.5 Å². The van der Waals surface area contributed by atoms with Crippen molar-refractivity contribution in [1.29, 1.82) is 0 Å². The highest BCUT2D eigenvalue weighted by Gasteiger charge is 2.13. The molecule has 0 saturated carbocycles. The second-order valence-electron chi connectivity index (χ2n) is 5.65. The van der Waals surface area contributed by atoms with Crippen molar-refractivity contribution in [1.82, 2.24) is 9.55 Å². The molecule has 1 heterocycles. The minimum atomic E-state index is -0.408. The number of nitrogens with one attached hydrogen (secondary N) is 1. The molecule has 6 nitrogen and oxygen atoms in total. The summed E-state index contributed by atoms with van der Waals surface area (Å²) in [6, 6.07) is 14.4. The first-order valence-corrected chi connectivity index (χ1v) is 9.43. The number of hydrogen-bond donors (Lipinski definition) is 1. The molecule has 134 valence electrons. The molecule has 0 spiro atoms. The maximum Gasteiger partial charge on any atom is 0.337 e. The van der Waals surface area contributed by atoms with Crippen molar-refractivity contribution < 1.29 is 14.3 Å². The summed E-state index contributed by atoms with van der Waals surface area (Å²) in [5, 5.41) is 2.85. The van der Waals surface area contributed by atoms with Gasteiger partial charge in [0.1, 0.15) is 12.4 Å². The largest absolute Gasteiger partial charge is 0.465 e. The van der Waals surface area contributed by atoms with Crippen LogP contribution < -0.4 is 5.32 Å². The van der Waals surface area contributed by atoms with Gasteiger partial charge in [-0.2, -0.15) is 11.8 Å². The smallest absolute Gasteiger partial charge is 0.337 e. The second-order valence-corrected chi connectivity index (χ2v) is 6.52. The van der Waals surface area contributed by atoms with Crippen LogP contribution in [0.25, 0.3) is 11.0 Å². The topological polar surface area (TPSA) is 73.2 Å². The fourth-order valence-electron chi connectivity index (χ4n) is 2.69. The average molecular weight is 369 g/mol. The van der Waals surface area contributed by atoms with Crippen LogP contribution in [0.1, 0.15) is 16.2 Å². The highest BCUT2D eigenvalue weighted by atomic mass is 32.2. The summed E-state index contributed by atoms with van der Waals surface area (Å²) >= 11 is 1.66. The Kier molecular flexibility index (Phi) is 5.58. The molecule has 1 N–H and O–H groups in total. The molecule has 1 aromatic heterocycles. The molecule has 0 bridgehead atoms. The van der Waals surface area contributed by atoms with E-state index < -0.39 is 5.97 Å². The molecule has 0 unspecified atom stereocenters. The molecular formula is C19H19N3O3S. The molecule has 0 radical (unpaired) electrons. The first-order valence-electron chi connectivity index (χ1n) is 8.03. The molecular weight excluding hydrogens is 350 g/mol. The van der Waals surface area contributed by atoms with Crippen LogP contribution >= 0.6 is 11.8 Å². The van der Waals surface area contributed by atoms with Gasteiger partial charge < -0.3 is 14.6 Å². The van der Waals surface area contributed by atoms with Gasteiger partial charge in [0.15, 0.2) is 0 Å². The van der Waals surface area contributed by atoms with Crippen molar-refractivity contribution in [2.45, 2.75) is 12.3 Å². The van der Waals surface area contributed by atoms with Gasteiger partial charge in [0.25, 0.3) is 0 Å². The molecule has 0 aliphatic heterocycles. The standard InChI is InChI=1S/C19H19N3O3S/c1-25-19(24)13-7-9-14(10-8-13)20-18(23)11-22-16-6-4-3-5-15(16)21-17(22)12-26-2/h3-10H,11-12H2,1-2H3,(H,20,23). The molecule has 3 aromatic rings. The van der Waals surface area contributed by atoms with E-state index in [1.54, 1.807) is 36.0 Å². The van der Waals surface area contributed by atoms with Gasteiger partial charge in [0, 0.05) is 5.69 Å². The van der Waals surface area contributed by atoms with Crippen LogP contribution in [0.2, 0.25) is 0 Å². The lowest BCUT2D eigenvalue weighted by molar-refractivity contribution is -0.116. The van der Waals surface area contributed by atoms with Crippen molar-refractivity contribution >= 4 is 40.4 Å². The number of hydrogen-bond acceptors (Lipinski definition) is 5. The first kappa shape index (κ1) is 18.0. The fourth-order valence-corrected chi connectivity index (χ4v) is 3.17. The minimum Gasteiger partial charge on any atom is -0.465 e. The van der Waals surface area contributed by atoms with Crippen LogP contribution in [0, 0.1) is 0 Å². The highest BCUT2D eigenvalue weighted by molar-refractivity contribution is 7.97. The number of carbonyl (C=O) groups excluding carboxylic acids is 2. The van der Waals surface area contributed by atoms with Crippen molar-refractivity contribution in [3.63, 3.8) is 0 Å². The number of rotatable bonds is 6. The summed E-state index contributed by atoms with van der Waals surface area (Å²) in [7, 11) is 1.33. The van der Waals surface area contributed by atoms with Crippen LogP contribution in [-0.2, 0) is 21.8 Å². The normalized spacial score (nSPS) is 10.7. The van der Waals surface area contributed by atoms with E-state index in [4.69, 9.17) is 0 Å². The van der Waals surface area contributed by atoms with Crippen LogP contribution in [0.5, 0.6) is 0 Å². The van der Waals surface area contributed by atoms with Crippen LogP contribution in [-0.4, -0.2) is 34.8 Å². The highest BCUT2D eigenvalue weighted by Crippen LogP contribution is 2.19. The van der Waals surface area contributed by atoms with Gasteiger partial charge in [0.2, 0.25) is 5.91 Å². The number of amides is 1. The van der Waals surface area contributed by atoms with E-state index in [0.717, 1.165) is 22.6 Å². The summed E-state index contributed by atoms with van der Waals surface area (Å²) in [5.74, 6) is 1.04. The van der Waals surface area contributed by atoms with Gasteiger partial charge in [-0.15, -0.1) is 0 Å². The van der Waals surface area contributed by atoms with E-state index in [-0.39, 0.29) is 12.5 Å². The van der Waals surface area contributed by atoms with Gasteiger partial charge in [-0.3, -0.25) is 4.79 Å². The summed E-state index contributed by atoms with van der Waals surface area (Å²) < 4.78 is 6.60. The number of nitrogens with zero attached hydrogens (tertiary/aromatic N) is 2. The van der Waals surface area contributed by atoms with Crippen molar-refractivity contribution in [2.24, 2.45) is 0 Å². The Morgan fingerprint density at radius 3 is 2.58 bits per heavy atom. The fraction of sp³-hybridized carbons (Fsp3) is 0.211. The zero-order valence-electron chi connectivity index (χ0n) is 14.6. The number of methoxy groups -OCH3 is 1. The molecule has 1 amide bonds. The van der Waals surface area contributed by atoms with E-state index in [0.29, 0.717) is 11.3 Å². The number of ether oxygens (including phenoxy) is 1. The van der Waals surface area contributed by atoms with Gasteiger partial charge >= 0.3 is 5.97 Å². The number of carbonyl (C=O) groups is 2. The van der Waals surface area contributed by atoms with Crippen LogP contribution in [0.3, 0.4) is 0 Å². The van der Waals surface area contributed by atoms with Crippen LogP contribution in [0.4, 0.5) is 5.69 Å². The van der Waals surface area contributed by atoms with E-state index >= 15 is 0 Å². The molecule has 3 rings (SSSR count). The molecule has 0 aliphatic rings. The Morgan fingerprint density at radius 1 is 1.15 bits per heavy atom. The molecule has 0 fully saturated rings. The third kappa shape index (κ3) is 3.88. The Labute approximate surface area is 155 Å². The number of esters is 1. The number of benzene rings is 2. The molecule has 0 atom stereocenters. The predicted molar refractivity (Wildman–Crippen MR) is 103 cm³/mol. The van der Waals surface area contributed by atoms with E-state index in [9.17, 15) is 9.59 Å². The Morgan fingerprint density at radius 2 is 1.88 bits per heavy atom. The van der Waals surface area contributed by atoms with E-state index in [2.05, 4.69) is 15.0 Å². The predicted octanol–water partition coefficient (Wildman–Crippen LogP) is 3.32. The summed E-state index contributed by atoms with van der Waals surface area (Å²) in [4.78, 5) is 28.6. The Balaban J connectivity index is 1.77. The SMILES string of the molecule is COC(=O)c1ccc(NC(=O)Cn2c(CSC)nc3ccccc32)cc1. The Hall–Kier alpha value is -2.80. The lowest BCUT2D eigenvalue weighted by Gasteiger charge is -2.10. The van der Waals surface area contributed by atoms with Crippen molar-refractivity contribution in [3.05, 3.63) is 59.9 Å². The zero-order valence-corrected chi connectivity index (χ0v) is 15.4.